The predicted octanol–water partition coefficient (Wildman–Crippen LogP) is 2.01. The summed E-state index contributed by atoms with van der Waals surface area (Å²) in [6.45, 7) is 5.42. The van der Waals surface area contributed by atoms with Gasteiger partial charge < -0.3 is 9.53 Å². The summed E-state index contributed by atoms with van der Waals surface area (Å²) in [4.78, 5) is 21.3. The van der Waals surface area contributed by atoms with Crippen LogP contribution < -0.4 is 4.74 Å². The maximum Gasteiger partial charge on any atom is 0.167 e. The minimum Gasteiger partial charge on any atom is -0.486 e. The maximum absolute atomic E-state index is 10.8. The van der Waals surface area contributed by atoms with Crippen molar-refractivity contribution in [2.45, 2.75) is 27.2 Å². The molecule has 4 heteroatoms. The molecule has 1 aromatic carbocycles. The Morgan fingerprint density at radius 3 is 2.47 bits per heavy atom. The molecule has 0 aliphatic heterocycles. The van der Waals surface area contributed by atoms with Gasteiger partial charge in [0.25, 0.3) is 0 Å². The number of hydrogen-bond acceptors (Lipinski definition) is 3. The van der Waals surface area contributed by atoms with Gasteiger partial charge in [0.15, 0.2) is 5.78 Å². The first-order valence-corrected chi connectivity index (χ1v) is 5.20. The molecule has 0 amide bonds. The van der Waals surface area contributed by atoms with Crippen LogP contribution in [0, 0.1) is 13.8 Å². The smallest absolute Gasteiger partial charge is 0.167 e. The number of Topliss-reactive ketones (excluding diaryl/α,β-unsaturated/α-hetero) is 1. The number of rotatable bonds is 5. The van der Waals surface area contributed by atoms with Crippen molar-refractivity contribution in [1.82, 2.24) is 0 Å². The maximum atomic E-state index is 10.8. The normalized spacial score (nSPS) is 9.35. The third kappa shape index (κ3) is 4.76. The van der Waals surface area contributed by atoms with Gasteiger partial charge in [0.1, 0.15) is 18.6 Å². The molecule has 1 radical (unpaired) electrons. The topological polar surface area (TPSA) is 43.4 Å². The molecule has 17 heavy (non-hydrogen) atoms. The molecule has 0 aromatic heterocycles. The van der Waals surface area contributed by atoms with Gasteiger partial charge in [0, 0.05) is 25.0 Å². The van der Waals surface area contributed by atoms with Crippen LogP contribution in [-0.4, -0.2) is 18.7 Å². The molecule has 0 saturated heterocycles. The first kappa shape index (κ1) is 15.9. The summed E-state index contributed by atoms with van der Waals surface area (Å²) >= 11 is 0. The van der Waals surface area contributed by atoms with Gasteiger partial charge in [-0.05, 0) is 43.5 Å². The summed E-state index contributed by atoms with van der Waals surface area (Å²) in [6.07, 6.45) is 1.30. The van der Waals surface area contributed by atoms with E-state index in [1.165, 1.54) is 6.92 Å². The summed E-state index contributed by atoms with van der Waals surface area (Å²) < 4.78 is 5.37. The molecular formula is C13H16O3V. The Morgan fingerprint density at radius 1 is 1.29 bits per heavy atom. The van der Waals surface area contributed by atoms with Crippen molar-refractivity contribution >= 4 is 12.1 Å². The summed E-state index contributed by atoms with van der Waals surface area (Å²) in [5, 5.41) is 0. The second-order valence-corrected chi connectivity index (χ2v) is 3.91. The molecule has 0 bridgehead atoms. The van der Waals surface area contributed by atoms with Crippen LogP contribution in [0.25, 0.3) is 0 Å². The molecule has 0 unspecified atom stereocenters. The zero-order chi connectivity index (χ0) is 12.1. The third-order valence-corrected chi connectivity index (χ3v) is 2.37. The minimum absolute atomic E-state index is 0. The zero-order valence-corrected chi connectivity index (χ0v) is 11.7. The number of benzene rings is 1. The number of carbonyl (C=O) groups is 2. The molecule has 0 atom stereocenters. The van der Waals surface area contributed by atoms with Gasteiger partial charge in [-0.2, -0.15) is 0 Å². The molecule has 0 heterocycles. The fourth-order valence-electron chi connectivity index (χ4n) is 1.49. The Hall–Kier alpha value is -1.06. The average Bonchev–Trinajstić information content (AvgIpc) is 2.21. The van der Waals surface area contributed by atoms with Gasteiger partial charge in [-0.1, -0.05) is 6.07 Å². The summed E-state index contributed by atoms with van der Waals surface area (Å²) in [6, 6.07) is 3.80. The summed E-state index contributed by atoms with van der Waals surface area (Å²) in [5.41, 5.74) is 2.96. The molecule has 91 valence electrons. The standard InChI is InChI=1S/C13H16O3.V/c1-9-7-13(16-8-11(3)15)10(2)6-12(9)4-5-14;/h5-7H,4,8H2,1-3H3;. The van der Waals surface area contributed by atoms with Gasteiger partial charge >= 0.3 is 0 Å². The van der Waals surface area contributed by atoms with Crippen LogP contribution in [0.1, 0.15) is 23.6 Å². The third-order valence-electron chi connectivity index (χ3n) is 2.37. The van der Waals surface area contributed by atoms with Crippen molar-refractivity contribution in [3.8, 4) is 5.75 Å². The number of ether oxygens (including phenoxy) is 1. The van der Waals surface area contributed by atoms with Crippen molar-refractivity contribution in [2.24, 2.45) is 0 Å². The average molecular weight is 271 g/mol. The van der Waals surface area contributed by atoms with E-state index in [1.807, 2.05) is 26.0 Å². The van der Waals surface area contributed by atoms with Crippen LogP contribution in [-0.2, 0) is 34.6 Å². The quantitative estimate of drug-likeness (QED) is 0.769. The van der Waals surface area contributed by atoms with Gasteiger partial charge in [-0.25, -0.2) is 0 Å². The van der Waals surface area contributed by atoms with E-state index < -0.39 is 0 Å². The van der Waals surface area contributed by atoms with Crippen LogP contribution >= 0.6 is 0 Å². The van der Waals surface area contributed by atoms with Gasteiger partial charge in [0.2, 0.25) is 0 Å². The number of carbonyl (C=O) groups excluding carboxylic acids is 2. The summed E-state index contributed by atoms with van der Waals surface area (Å²) in [5.74, 6) is 0.705. The van der Waals surface area contributed by atoms with E-state index in [2.05, 4.69) is 0 Å². The van der Waals surface area contributed by atoms with E-state index in [4.69, 9.17) is 4.74 Å². The van der Waals surface area contributed by atoms with Crippen molar-refractivity contribution < 1.29 is 32.9 Å². The van der Waals surface area contributed by atoms with E-state index in [0.29, 0.717) is 12.2 Å². The van der Waals surface area contributed by atoms with E-state index in [9.17, 15) is 9.59 Å². The van der Waals surface area contributed by atoms with Gasteiger partial charge in [0.05, 0.1) is 0 Å². The van der Waals surface area contributed by atoms with Gasteiger partial charge in [-0.15, -0.1) is 0 Å². The molecule has 0 aliphatic carbocycles. The largest absolute Gasteiger partial charge is 0.486 e. The van der Waals surface area contributed by atoms with E-state index in [-0.39, 0.29) is 30.9 Å². The van der Waals surface area contributed by atoms with Crippen molar-refractivity contribution in [3.05, 3.63) is 28.8 Å². The molecule has 0 fully saturated rings. The summed E-state index contributed by atoms with van der Waals surface area (Å²) in [7, 11) is 0. The number of ketones is 1. The van der Waals surface area contributed by atoms with Crippen LogP contribution in [0.5, 0.6) is 5.75 Å². The Balaban J connectivity index is 0.00000256. The number of aldehydes is 1. The minimum atomic E-state index is -0.00554. The fourth-order valence-corrected chi connectivity index (χ4v) is 1.49. The van der Waals surface area contributed by atoms with Crippen LogP contribution in [0.2, 0.25) is 0 Å². The monoisotopic (exact) mass is 271 g/mol. The Kier molecular flexibility index (Phi) is 6.85. The van der Waals surface area contributed by atoms with Crippen molar-refractivity contribution in [3.63, 3.8) is 0 Å². The molecule has 0 N–H and O–H groups in total. The Bertz CT molecular complexity index is 413. The second-order valence-electron chi connectivity index (χ2n) is 3.91. The SMILES string of the molecule is CC(=O)COc1cc(C)c(CC=O)cc1C.[V]. The first-order chi connectivity index (χ1) is 7.54. The molecule has 0 spiro atoms. The van der Waals surface area contributed by atoms with Crippen molar-refractivity contribution in [1.29, 1.82) is 0 Å². The van der Waals surface area contributed by atoms with Crippen LogP contribution in [0.15, 0.2) is 12.1 Å². The molecule has 3 nitrogen and oxygen atoms in total. The molecule has 0 saturated carbocycles. The Labute approximate surface area is 113 Å². The van der Waals surface area contributed by atoms with E-state index in [0.717, 1.165) is 23.0 Å². The van der Waals surface area contributed by atoms with Crippen LogP contribution in [0.4, 0.5) is 0 Å². The van der Waals surface area contributed by atoms with Crippen molar-refractivity contribution in [2.75, 3.05) is 6.61 Å². The van der Waals surface area contributed by atoms with E-state index in [1.54, 1.807) is 0 Å². The number of hydrogen-bond donors (Lipinski definition) is 0. The van der Waals surface area contributed by atoms with Gasteiger partial charge in [-0.3, -0.25) is 4.79 Å². The number of aryl methyl sites for hydroxylation is 2. The van der Waals surface area contributed by atoms with Crippen LogP contribution in [0.3, 0.4) is 0 Å². The fraction of sp³-hybridized carbons (Fsp3) is 0.385. The predicted molar refractivity (Wildman–Crippen MR) is 61.9 cm³/mol. The molecule has 1 rings (SSSR count). The molecule has 1 aromatic rings. The second kappa shape index (κ2) is 7.31. The molecule has 0 aliphatic rings. The molecular weight excluding hydrogens is 255 g/mol. The zero-order valence-electron chi connectivity index (χ0n) is 10.3. The first-order valence-electron chi connectivity index (χ1n) is 5.20. The van der Waals surface area contributed by atoms with E-state index >= 15 is 0 Å². The Morgan fingerprint density at radius 2 is 1.94 bits per heavy atom.